The van der Waals surface area contributed by atoms with Crippen LogP contribution in [0.4, 0.5) is 5.69 Å². The molecule has 0 unspecified atom stereocenters. The number of nitrogens with zero attached hydrogens (tertiary/aromatic N) is 3. The number of piperazine rings is 1. The smallest absolute Gasteiger partial charge is 0.251 e. The first-order valence-electron chi connectivity index (χ1n) is 9.78. The second-order valence-corrected chi connectivity index (χ2v) is 6.81. The molecule has 1 fully saturated rings. The zero-order valence-electron chi connectivity index (χ0n) is 16.7. The van der Waals surface area contributed by atoms with Crippen LogP contribution in [0.3, 0.4) is 0 Å². The molecular formula is C22H29N5O. The van der Waals surface area contributed by atoms with Crippen LogP contribution < -0.4 is 15.5 Å². The maximum absolute atomic E-state index is 11.8. The lowest BCUT2D eigenvalue weighted by Gasteiger charge is -2.37. The monoisotopic (exact) mass is 379 g/mol. The number of hydrogen-bond acceptors (Lipinski definition) is 3. The number of carbonyl (C=O) groups is 1. The number of anilines is 1. The van der Waals surface area contributed by atoms with Crippen LogP contribution in [0.5, 0.6) is 0 Å². The van der Waals surface area contributed by atoms with Crippen molar-refractivity contribution in [2.45, 2.75) is 6.42 Å². The Bertz CT molecular complexity index is 798. The molecule has 0 aromatic heterocycles. The largest absolute Gasteiger partial charge is 0.368 e. The molecule has 2 aromatic rings. The molecule has 0 spiro atoms. The summed E-state index contributed by atoms with van der Waals surface area (Å²) in [5.74, 6) is 0.886. The van der Waals surface area contributed by atoms with Gasteiger partial charge in [-0.15, -0.1) is 0 Å². The van der Waals surface area contributed by atoms with Crippen LogP contribution in [-0.2, 0) is 6.42 Å². The van der Waals surface area contributed by atoms with Crippen molar-refractivity contribution < 1.29 is 4.79 Å². The number of carbonyl (C=O) groups excluding carboxylic acids is 1. The summed E-state index contributed by atoms with van der Waals surface area (Å²) in [6.45, 7) is 4.64. The summed E-state index contributed by atoms with van der Waals surface area (Å²) in [5.41, 5.74) is 3.11. The van der Waals surface area contributed by atoms with Crippen LogP contribution in [0.15, 0.2) is 59.6 Å². The summed E-state index contributed by atoms with van der Waals surface area (Å²) in [6.07, 6.45) is 0.841. The van der Waals surface area contributed by atoms with Gasteiger partial charge in [-0.1, -0.05) is 30.3 Å². The lowest BCUT2D eigenvalue weighted by atomic mass is 10.1. The summed E-state index contributed by atoms with van der Waals surface area (Å²) < 4.78 is 0. The molecule has 1 aliphatic rings. The summed E-state index contributed by atoms with van der Waals surface area (Å²) in [5, 5.41) is 6.13. The maximum Gasteiger partial charge on any atom is 0.251 e. The predicted molar refractivity (Wildman–Crippen MR) is 115 cm³/mol. The number of nitrogens with one attached hydrogen (secondary N) is 2. The Hall–Kier alpha value is -3.02. The maximum atomic E-state index is 11.8. The lowest BCUT2D eigenvalue weighted by Crippen LogP contribution is -2.52. The van der Waals surface area contributed by atoms with E-state index in [-0.39, 0.29) is 5.91 Å². The van der Waals surface area contributed by atoms with Gasteiger partial charge >= 0.3 is 0 Å². The average molecular weight is 380 g/mol. The fourth-order valence-corrected chi connectivity index (χ4v) is 3.48. The fraction of sp³-hybridized carbons (Fsp3) is 0.364. The molecule has 1 amide bonds. The predicted octanol–water partition coefficient (Wildman–Crippen LogP) is 1.99. The highest BCUT2D eigenvalue weighted by atomic mass is 16.1. The van der Waals surface area contributed by atoms with Gasteiger partial charge < -0.3 is 20.4 Å². The number of amides is 1. The summed E-state index contributed by atoms with van der Waals surface area (Å²) in [7, 11) is 3.48. The van der Waals surface area contributed by atoms with Crippen molar-refractivity contribution in [3.63, 3.8) is 0 Å². The van der Waals surface area contributed by atoms with Crippen LogP contribution in [0.25, 0.3) is 0 Å². The van der Waals surface area contributed by atoms with Crippen LogP contribution >= 0.6 is 0 Å². The topological polar surface area (TPSA) is 60.0 Å². The van der Waals surface area contributed by atoms with E-state index in [1.165, 1.54) is 5.69 Å². The van der Waals surface area contributed by atoms with Crippen molar-refractivity contribution in [3.8, 4) is 0 Å². The molecule has 3 rings (SSSR count). The molecule has 0 saturated carbocycles. The second kappa shape index (κ2) is 9.78. The molecule has 28 heavy (non-hydrogen) atoms. The van der Waals surface area contributed by atoms with Crippen molar-refractivity contribution in [3.05, 3.63) is 65.7 Å². The van der Waals surface area contributed by atoms with E-state index >= 15 is 0 Å². The third-order valence-corrected chi connectivity index (χ3v) is 5.03. The van der Waals surface area contributed by atoms with Crippen molar-refractivity contribution in [2.75, 3.05) is 51.7 Å². The fourth-order valence-electron chi connectivity index (χ4n) is 3.48. The van der Waals surface area contributed by atoms with Gasteiger partial charge in [0, 0.05) is 58.1 Å². The summed E-state index contributed by atoms with van der Waals surface area (Å²) in [6, 6.07) is 18.3. The van der Waals surface area contributed by atoms with Gasteiger partial charge in [-0.05, 0) is 36.2 Å². The van der Waals surface area contributed by atoms with Gasteiger partial charge in [0.1, 0.15) is 0 Å². The summed E-state index contributed by atoms with van der Waals surface area (Å²) in [4.78, 5) is 20.9. The van der Waals surface area contributed by atoms with E-state index in [0.29, 0.717) is 5.56 Å². The highest BCUT2D eigenvalue weighted by Gasteiger charge is 2.19. The average Bonchev–Trinajstić information content (AvgIpc) is 2.77. The number of aliphatic imine (C=N–C) groups is 1. The molecule has 148 valence electrons. The van der Waals surface area contributed by atoms with Crippen LogP contribution in [-0.4, -0.2) is 63.6 Å². The van der Waals surface area contributed by atoms with Gasteiger partial charge in [-0.3, -0.25) is 9.79 Å². The number of guanidine groups is 1. The molecule has 0 radical (unpaired) electrons. The van der Waals surface area contributed by atoms with Crippen molar-refractivity contribution >= 4 is 17.6 Å². The third kappa shape index (κ3) is 5.03. The standard InChI is InChI=1S/C22H29N5O/c1-23-21(28)19-8-6-7-18(17-19)11-12-25-22(24-2)27-15-13-26(14-16-27)20-9-4-3-5-10-20/h3-10,17H,11-16H2,1-2H3,(H,23,28)(H,24,25). The third-order valence-electron chi connectivity index (χ3n) is 5.03. The van der Waals surface area contributed by atoms with Gasteiger partial charge in [0.15, 0.2) is 5.96 Å². The first-order valence-corrected chi connectivity index (χ1v) is 9.78. The molecule has 1 aliphatic heterocycles. The normalized spacial score (nSPS) is 14.7. The van der Waals surface area contributed by atoms with Crippen LogP contribution in [0.2, 0.25) is 0 Å². The highest BCUT2D eigenvalue weighted by molar-refractivity contribution is 5.94. The van der Waals surface area contributed by atoms with E-state index in [9.17, 15) is 4.79 Å². The zero-order valence-corrected chi connectivity index (χ0v) is 16.7. The Morgan fingerprint density at radius 3 is 2.46 bits per heavy atom. The SMILES string of the molecule is CN=C(NCCc1cccc(C(=O)NC)c1)N1CCN(c2ccccc2)CC1. The lowest BCUT2D eigenvalue weighted by molar-refractivity contribution is 0.0963. The molecule has 1 saturated heterocycles. The number of hydrogen-bond donors (Lipinski definition) is 2. The number of rotatable bonds is 5. The van der Waals surface area contributed by atoms with E-state index in [0.717, 1.165) is 50.7 Å². The molecular weight excluding hydrogens is 350 g/mol. The molecule has 6 nitrogen and oxygen atoms in total. The van der Waals surface area contributed by atoms with E-state index in [1.54, 1.807) is 7.05 Å². The van der Waals surface area contributed by atoms with Crippen molar-refractivity contribution in [2.24, 2.45) is 4.99 Å². The first kappa shape index (κ1) is 19.7. The summed E-state index contributed by atoms with van der Waals surface area (Å²) >= 11 is 0. The van der Waals surface area contributed by atoms with E-state index in [4.69, 9.17) is 0 Å². The zero-order chi connectivity index (χ0) is 19.8. The molecule has 1 heterocycles. The second-order valence-electron chi connectivity index (χ2n) is 6.81. The minimum atomic E-state index is -0.0538. The minimum Gasteiger partial charge on any atom is -0.368 e. The van der Waals surface area contributed by atoms with E-state index in [1.807, 2.05) is 25.2 Å². The van der Waals surface area contributed by atoms with E-state index in [2.05, 4.69) is 61.8 Å². The van der Waals surface area contributed by atoms with E-state index < -0.39 is 0 Å². The first-order chi connectivity index (χ1) is 13.7. The molecule has 0 aliphatic carbocycles. The van der Waals surface area contributed by atoms with Gasteiger partial charge in [-0.2, -0.15) is 0 Å². The van der Waals surface area contributed by atoms with Crippen molar-refractivity contribution in [1.29, 1.82) is 0 Å². The Morgan fingerprint density at radius 2 is 1.79 bits per heavy atom. The quantitative estimate of drug-likeness (QED) is 0.616. The molecule has 0 atom stereocenters. The Labute approximate surface area is 167 Å². The Morgan fingerprint density at radius 1 is 1.04 bits per heavy atom. The molecule has 0 bridgehead atoms. The van der Waals surface area contributed by atoms with Gasteiger partial charge in [0.2, 0.25) is 0 Å². The van der Waals surface area contributed by atoms with Crippen LogP contribution in [0, 0.1) is 0 Å². The van der Waals surface area contributed by atoms with Gasteiger partial charge in [0.25, 0.3) is 5.91 Å². The number of benzene rings is 2. The Balaban J connectivity index is 1.48. The molecule has 2 aromatic carbocycles. The Kier molecular flexibility index (Phi) is 6.89. The highest BCUT2D eigenvalue weighted by Crippen LogP contribution is 2.15. The number of para-hydroxylation sites is 1. The van der Waals surface area contributed by atoms with Gasteiger partial charge in [0.05, 0.1) is 0 Å². The van der Waals surface area contributed by atoms with Crippen molar-refractivity contribution in [1.82, 2.24) is 15.5 Å². The van der Waals surface area contributed by atoms with Gasteiger partial charge in [-0.25, -0.2) is 0 Å². The molecule has 6 heteroatoms. The minimum absolute atomic E-state index is 0.0538. The van der Waals surface area contributed by atoms with Crippen LogP contribution in [0.1, 0.15) is 15.9 Å². The molecule has 2 N–H and O–H groups in total.